The van der Waals surface area contributed by atoms with Gasteiger partial charge in [-0.15, -0.1) is 0 Å². The number of hydrogen-bond donors (Lipinski definition) is 0. The first-order chi connectivity index (χ1) is 5.80. The van der Waals surface area contributed by atoms with E-state index in [1.54, 1.807) is 0 Å². The standard InChI is InChI=1S/C6H3F3O4/c7-3-1(4(10)11)2(5(12)13)6(3,8)9/h2H,(H,10,11)(H,12,13)/p-2. The Morgan fingerprint density at radius 3 is 2.00 bits per heavy atom. The average Bonchev–Trinajstić information content (AvgIpc) is 1.96. The number of carboxylic acid groups (broad SMARTS) is 2. The van der Waals surface area contributed by atoms with Crippen molar-refractivity contribution < 1.29 is 33.0 Å². The number of halogens is 3. The van der Waals surface area contributed by atoms with Crippen LogP contribution >= 0.6 is 0 Å². The fraction of sp³-hybridized carbons (Fsp3) is 0.333. The number of carboxylic acids is 2. The molecule has 13 heavy (non-hydrogen) atoms. The van der Waals surface area contributed by atoms with Crippen molar-refractivity contribution in [1.82, 2.24) is 0 Å². The third kappa shape index (κ3) is 1.07. The summed E-state index contributed by atoms with van der Waals surface area (Å²) in [7, 11) is 0. The van der Waals surface area contributed by atoms with Crippen LogP contribution in [0.4, 0.5) is 13.2 Å². The summed E-state index contributed by atoms with van der Waals surface area (Å²) < 4.78 is 36.9. The molecule has 0 fully saturated rings. The molecule has 0 heterocycles. The van der Waals surface area contributed by atoms with Crippen molar-refractivity contribution in [3.8, 4) is 0 Å². The number of allylic oxidation sites excluding steroid dienone is 1. The van der Waals surface area contributed by atoms with Gasteiger partial charge in [0.05, 0.1) is 17.9 Å². The van der Waals surface area contributed by atoms with E-state index in [1.807, 2.05) is 0 Å². The van der Waals surface area contributed by atoms with Gasteiger partial charge in [0.2, 0.25) is 0 Å². The molecule has 0 saturated carbocycles. The van der Waals surface area contributed by atoms with Gasteiger partial charge in [-0.3, -0.25) is 0 Å². The molecule has 1 aliphatic carbocycles. The van der Waals surface area contributed by atoms with Gasteiger partial charge < -0.3 is 19.8 Å². The third-order valence-corrected chi connectivity index (χ3v) is 1.64. The van der Waals surface area contributed by atoms with E-state index in [9.17, 15) is 33.0 Å². The van der Waals surface area contributed by atoms with Crippen LogP contribution in [0.2, 0.25) is 0 Å². The fourth-order valence-electron chi connectivity index (χ4n) is 1.01. The van der Waals surface area contributed by atoms with Crippen molar-refractivity contribution in [2.45, 2.75) is 5.92 Å². The predicted molar refractivity (Wildman–Crippen MR) is 26.6 cm³/mol. The molecule has 7 heteroatoms. The quantitative estimate of drug-likeness (QED) is 0.508. The highest BCUT2D eigenvalue weighted by molar-refractivity contribution is 5.97. The van der Waals surface area contributed by atoms with Crippen LogP contribution in [0.1, 0.15) is 0 Å². The van der Waals surface area contributed by atoms with E-state index in [-0.39, 0.29) is 0 Å². The summed E-state index contributed by atoms with van der Waals surface area (Å²) >= 11 is 0. The molecule has 0 aromatic carbocycles. The van der Waals surface area contributed by atoms with Crippen molar-refractivity contribution >= 4 is 11.9 Å². The fourth-order valence-corrected chi connectivity index (χ4v) is 1.01. The van der Waals surface area contributed by atoms with Gasteiger partial charge in [0.15, 0.2) is 5.83 Å². The van der Waals surface area contributed by atoms with Gasteiger partial charge in [-0.2, -0.15) is 8.78 Å². The van der Waals surface area contributed by atoms with Crippen LogP contribution in [0, 0.1) is 5.92 Å². The first-order valence-electron chi connectivity index (χ1n) is 3.00. The molecule has 0 aromatic rings. The number of rotatable bonds is 2. The highest BCUT2D eigenvalue weighted by Gasteiger charge is 2.58. The van der Waals surface area contributed by atoms with E-state index in [2.05, 4.69) is 0 Å². The van der Waals surface area contributed by atoms with Crippen LogP contribution in [0.5, 0.6) is 0 Å². The molecule has 0 amide bonds. The maximum absolute atomic E-state index is 12.3. The maximum Gasteiger partial charge on any atom is 0.311 e. The number of carbonyl (C=O) groups excluding carboxylic acids is 2. The van der Waals surface area contributed by atoms with Gasteiger partial charge in [-0.1, -0.05) is 0 Å². The first-order valence-corrected chi connectivity index (χ1v) is 3.00. The highest BCUT2D eigenvalue weighted by atomic mass is 19.3. The predicted octanol–water partition coefficient (Wildman–Crippen LogP) is -2.03. The summed E-state index contributed by atoms with van der Waals surface area (Å²) in [5.74, 6) is -13.9. The summed E-state index contributed by atoms with van der Waals surface area (Å²) in [5, 5.41) is 19.9. The summed E-state index contributed by atoms with van der Waals surface area (Å²) in [4.78, 5) is 19.9. The molecule has 1 atom stereocenters. The van der Waals surface area contributed by atoms with Crippen molar-refractivity contribution in [2.24, 2.45) is 5.92 Å². The average molecular weight is 194 g/mol. The van der Waals surface area contributed by atoms with Crippen LogP contribution in [-0.2, 0) is 9.59 Å². The Morgan fingerprint density at radius 2 is 1.77 bits per heavy atom. The second-order valence-electron chi connectivity index (χ2n) is 2.39. The van der Waals surface area contributed by atoms with E-state index < -0.39 is 35.2 Å². The van der Waals surface area contributed by atoms with Gasteiger partial charge in [0.1, 0.15) is 0 Å². The molecule has 72 valence electrons. The second kappa shape index (κ2) is 2.48. The van der Waals surface area contributed by atoms with Gasteiger partial charge in [0, 0.05) is 5.57 Å². The van der Waals surface area contributed by atoms with Crippen LogP contribution < -0.4 is 10.2 Å². The van der Waals surface area contributed by atoms with Crippen LogP contribution in [-0.4, -0.2) is 17.9 Å². The van der Waals surface area contributed by atoms with Crippen molar-refractivity contribution in [1.29, 1.82) is 0 Å². The molecule has 0 spiro atoms. The summed E-state index contributed by atoms with van der Waals surface area (Å²) in [5.41, 5.74) is -1.55. The largest absolute Gasteiger partial charge is 0.549 e. The molecule has 0 aliphatic heterocycles. The smallest absolute Gasteiger partial charge is 0.311 e. The lowest BCUT2D eigenvalue weighted by molar-refractivity contribution is -0.325. The minimum absolute atomic E-state index is 1.55. The van der Waals surface area contributed by atoms with Gasteiger partial charge in [-0.05, 0) is 0 Å². The summed E-state index contributed by atoms with van der Waals surface area (Å²) in [6, 6.07) is 0. The Balaban J connectivity index is 3.15. The van der Waals surface area contributed by atoms with Crippen molar-refractivity contribution in [3.63, 3.8) is 0 Å². The first kappa shape index (κ1) is 9.56. The normalized spacial score (nSPS) is 25.3. The molecule has 0 radical (unpaired) electrons. The van der Waals surface area contributed by atoms with Gasteiger partial charge in [0.25, 0.3) is 0 Å². The molecule has 4 nitrogen and oxygen atoms in total. The maximum atomic E-state index is 12.3. The van der Waals surface area contributed by atoms with E-state index in [1.165, 1.54) is 0 Å². The topological polar surface area (TPSA) is 80.3 Å². The molecule has 1 rings (SSSR count). The van der Waals surface area contributed by atoms with E-state index >= 15 is 0 Å². The summed E-state index contributed by atoms with van der Waals surface area (Å²) in [6.07, 6.45) is 0. The number of aliphatic carboxylic acids is 2. The minimum atomic E-state index is -4.30. The second-order valence-corrected chi connectivity index (χ2v) is 2.39. The molecule has 0 N–H and O–H groups in total. The SMILES string of the molecule is O=C([O-])C1=C(F)C(F)(F)C1C(=O)[O-]. The lowest BCUT2D eigenvalue weighted by Crippen LogP contribution is -2.55. The Labute approximate surface area is 69.3 Å². The van der Waals surface area contributed by atoms with E-state index in [0.29, 0.717) is 0 Å². The monoisotopic (exact) mass is 194 g/mol. The van der Waals surface area contributed by atoms with Crippen molar-refractivity contribution in [3.05, 3.63) is 11.4 Å². The van der Waals surface area contributed by atoms with Crippen LogP contribution in [0.3, 0.4) is 0 Å². The number of carbonyl (C=O) groups is 2. The van der Waals surface area contributed by atoms with Gasteiger partial charge >= 0.3 is 5.92 Å². The zero-order valence-corrected chi connectivity index (χ0v) is 5.84. The zero-order valence-electron chi connectivity index (χ0n) is 5.84. The molecular weight excluding hydrogens is 193 g/mol. The molecule has 0 bridgehead atoms. The van der Waals surface area contributed by atoms with E-state index in [4.69, 9.17) is 0 Å². The lowest BCUT2D eigenvalue weighted by Gasteiger charge is -2.38. The van der Waals surface area contributed by atoms with E-state index in [0.717, 1.165) is 0 Å². The Kier molecular flexibility index (Phi) is 1.82. The molecule has 1 unspecified atom stereocenters. The third-order valence-electron chi connectivity index (χ3n) is 1.64. The Bertz CT molecular complexity index is 320. The lowest BCUT2D eigenvalue weighted by atomic mass is 9.79. The van der Waals surface area contributed by atoms with Crippen LogP contribution in [0.15, 0.2) is 11.4 Å². The molecule has 0 aromatic heterocycles. The summed E-state index contributed by atoms with van der Waals surface area (Å²) in [6.45, 7) is 0. The van der Waals surface area contributed by atoms with Crippen molar-refractivity contribution in [2.75, 3.05) is 0 Å². The molecular formula is C6HF3O4-2. The minimum Gasteiger partial charge on any atom is -0.549 e. The Hall–Kier alpha value is -1.53. The van der Waals surface area contributed by atoms with Gasteiger partial charge in [-0.25, -0.2) is 4.39 Å². The Morgan fingerprint density at radius 1 is 1.31 bits per heavy atom. The highest BCUT2D eigenvalue weighted by Crippen LogP contribution is 2.48. The zero-order chi connectivity index (χ0) is 10.4. The number of hydrogen-bond acceptors (Lipinski definition) is 4. The van der Waals surface area contributed by atoms with Crippen LogP contribution in [0.25, 0.3) is 0 Å². The number of alkyl halides is 2. The molecule has 0 saturated heterocycles. The molecule has 1 aliphatic rings.